The van der Waals surface area contributed by atoms with E-state index in [2.05, 4.69) is 9.97 Å². The molecular formula is C13H13ClN2O3. The van der Waals surface area contributed by atoms with Gasteiger partial charge in [0.05, 0.1) is 21.3 Å². The van der Waals surface area contributed by atoms with Crippen molar-refractivity contribution >= 4 is 11.6 Å². The summed E-state index contributed by atoms with van der Waals surface area (Å²) in [5.41, 5.74) is 1.22. The summed E-state index contributed by atoms with van der Waals surface area (Å²) in [4.78, 5) is 8.22. The topological polar surface area (TPSA) is 53.5 Å². The maximum absolute atomic E-state index is 6.06. The molecule has 100 valence electrons. The fourth-order valence-corrected chi connectivity index (χ4v) is 1.92. The SMILES string of the molecule is COc1cc(OC)c(-c2nccnc2Cl)cc1OC. The van der Waals surface area contributed by atoms with Crippen LogP contribution in [0.15, 0.2) is 24.5 Å². The zero-order valence-electron chi connectivity index (χ0n) is 10.8. The summed E-state index contributed by atoms with van der Waals surface area (Å²) in [5, 5.41) is 0.299. The van der Waals surface area contributed by atoms with Gasteiger partial charge in [-0.3, -0.25) is 4.98 Å². The first-order valence-corrected chi connectivity index (χ1v) is 5.86. The zero-order valence-corrected chi connectivity index (χ0v) is 11.6. The lowest BCUT2D eigenvalue weighted by molar-refractivity contribution is 0.349. The van der Waals surface area contributed by atoms with Crippen LogP contribution >= 0.6 is 11.6 Å². The van der Waals surface area contributed by atoms with E-state index in [0.717, 1.165) is 0 Å². The Bertz CT molecular complexity index is 590. The minimum atomic E-state index is 0.299. The van der Waals surface area contributed by atoms with Gasteiger partial charge in [0, 0.05) is 24.0 Å². The van der Waals surface area contributed by atoms with Crippen LogP contribution in [0.3, 0.4) is 0 Å². The molecule has 1 heterocycles. The minimum Gasteiger partial charge on any atom is -0.496 e. The number of hydrogen-bond acceptors (Lipinski definition) is 5. The van der Waals surface area contributed by atoms with Crippen molar-refractivity contribution in [1.29, 1.82) is 0 Å². The second kappa shape index (κ2) is 5.75. The van der Waals surface area contributed by atoms with Crippen molar-refractivity contribution < 1.29 is 14.2 Å². The summed E-state index contributed by atoms with van der Waals surface area (Å²) in [6, 6.07) is 3.48. The lowest BCUT2D eigenvalue weighted by atomic mass is 10.1. The van der Waals surface area contributed by atoms with Gasteiger partial charge in [0.15, 0.2) is 16.7 Å². The van der Waals surface area contributed by atoms with E-state index in [-0.39, 0.29) is 0 Å². The molecule has 1 aromatic carbocycles. The quantitative estimate of drug-likeness (QED) is 0.862. The third-order valence-electron chi connectivity index (χ3n) is 2.61. The number of halogens is 1. The highest BCUT2D eigenvalue weighted by Crippen LogP contribution is 2.40. The minimum absolute atomic E-state index is 0.299. The number of methoxy groups -OCH3 is 3. The average Bonchev–Trinajstić information content (AvgIpc) is 2.46. The number of nitrogens with zero attached hydrogens (tertiary/aromatic N) is 2. The van der Waals surface area contributed by atoms with Crippen LogP contribution in [-0.2, 0) is 0 Å². The zero-order chi connectivity index (χ0) is 13.8. The summed E-state index contributed by atoms with van der Waals surface area (Å²) < 4.78 is 15.8. The van der Waals surface area contributed by atoms with Gasteiger partial charge in [-0.2, -0.15) is 0 Å². The molecule has 0 saturated carbocycles. The van der Waals surface area contributed by atoms with E-state index >= 15 is 0 Å². The largest absolute Gasteiger partial charge is 0.496 e. The molecule has 0 atom stereocenters. The first-order valence-electron chi connectivity index (χ1n) is 5.48. The van der Waals surface area contributed by atoms with Crippen molar-refractivity contribution in [2.75, 3.05) is 21.3 Å². The Morgan fingerprint density at radius 1 is 0.842 bits per heavy atom. The molecule has 0 N–H and O–H groups in total. The van der Waals surface area contributed by atoms with Gasteiger partial charge in [-0.05, 0) is 6.07 Å². The van der Waals surface area contributed by atoms with Gasteiger partial charge >= 0.3 is 0 Å². The summed E-state index contributed by atoms with van der Waals surface area (Å²) in [6.45, 7) is 0. The highest BCUT2D eigenvalue weighted by atomic mass is 35.5. The van der Waals surface area contributed by atoms with E-state index in [1.807, 2.05) is 0 Å². The number of hydrogen-bond donors (Lipinski definition) is 0. The van der Waals surface area contributed by atoms with Crippen molar-refractivity contribution in [2.24, 2.45) is 0 Å². The molecule has 0 saturated heterocycles. The molecular weight excluding hydrogens is 268 g/mol. The van der Waals surface area contributed by atoms with Gasteiger partial charge in [0.2, 0.25) is 0 Å². The van der Waals surface area contributed by atoms with Gasteiger partial charge in [0.1, 0.15) is 11.4 Å². The Morgan fingerprint density at radius 2 is 1.42 bits per heavy atom. The predicted octanol–water partition coefficient (Wildman–Crippen LogP) is 2.82. The molecule has 0 radical (unpaired) electrons. The lowest BCUT2D eigenvalue weighted by Gasteiger charge is -2.14. The van der Waals surface area contributed by atoms with Crippen molar-refractivity contribution in [3.63, 3.8) is 0 Å². The molecule has 0 aliphatic rings. The van der Waals surface area contributed by atoms with Crippen LogP contribution in [0.4, 0.5) is 0 Å². The van der Waals surface area contributed by atoms with Gasteiger partial charge in [-0.15, -0.1) is 0 Å². The highest BCUT2D eigenvalue weighted by molar-refractivity contribution is 6.31. The molecule has 6 heteroatoms. The summed E-state index contributed by atoms with van der Waals surface area (Å²) >= 11 is 6.06. The average molecular weight is 281 g/mol. The maximum atomic E-state index is 6.06. The van der Waals surface area contributed by atoms with Gasteiger partial charge in [0.25, 0.3) is 0 Å². The molecule has 2 rings (SSSR count). The number of rotatable bonds is 4. The van der Waals surface area contributed by atoms with Crippen molar-refractivity contribution in [3.8, 4) is 28.5 Å². The Morgan fingerprint density at radius 3 is 2.00 bits per heavy atom. The van der Waals surface area contributed by atoms with Gasteiger partial charge in [-0.1, -0.05) is 11.6 Å². The summed E-state index contributed by atoms with van der Waals surface area (Å²) in [6.07, 6.45) is 3.09. The second-order valence-corrected chi connectivity index (χ2v) is 3.96. The molecule has 0 spiro atoms. The monoisotopic (exact) mass is 280 g/mol. The molecule has 0 fully saturated rings. The van der Waals surface area contributed by atoms with Crippen LogP contribution < -0.4 is 14.2 Å². The van der Waals surface area contributed by atoms with E-state index in [1.54, 1.807) is 39.7 Å². The van der Waals surface area contributed by atoms with Gasteiger partial charge in [-0.25, -0.2) is 4.98 Å². The number of ether oxygens (including phenoxy) is 3. The van der Waals surface area contributed by atoms with Crippen LogP contribution in [0.5, 0.6) is 17.2 Å². The Labute approximate surface area is 116 Å². The van der Waals surface area contributed by atoms with Gasteiger partial charge < -0.3 is 14.2 Å². The first kappa shape index (κ1) is 13.4. The molecule has 19 heavy (non-hydrogen) atoms. The second-order valence-electron chi connectivity index (χ2n) is 3.60. The normalized spacial score (nSPS) is 10.1. The number of aromatic nitrogens is 2. The maximum Gasteiger partial charge on any atom is 0.164 e. The van der Waals surface area contributed by atoms with Crippen LogP contribution in [0, 0.1) is 0 Å². The van der Waals surface area contributed by atoms with Crippen molar-refractivity contribution in [3.05, 3.63) is 29.7 Å². The van der Waals surface area contributed by atoms with E-state index in [0.29, 0.717) is 33.7 Å². The van der Waals surface area contributed by atoms with E-state index in [4.69, 9.17) is 25.8 Å². The van der Waals surface area contributed by atoms with Crippen LogP contribution in [-0.4, -0.2) is 31.3 Å². The lowest BCUT2D eigenvalue weighted by Crippen LogP contribution is -1.96. The molecule has 0 unspecified atom stereocenters. The standard InChI is InChI=1S/C13H13ClN2O3/c1-17-9-7-11(19-3)10(18-2)6-8(9)12-13(14)16-5-4-15-12/h4-7H,1-3H3. The Balaban J connectivity index is 2.65. The Kier molecular flexibility index (Phi) is 4.06. The fourth-order valence-electron chi connectivity index (χ4n) is 1.72. The molecule has 0 bridgehead atoms. The molecule has 0 aliphatic carbocycles. The highest BCUT2D eigenvalue weighted by Gasteiger charge is 2.16. The van der Waals surface area contributed by atoms with Crippen LogP contribution in [0.25, 0.3) is 11.3 Å². The van der Waals surface area contributed by atoms with E-state index in [9.17, 15) is 0 Å². The smallest absolute Gasteiger partial charge is 0.164 e. The van der Waals surface area contributed by atoms with Crippen LogP contribution in [0.2, 0.25) is 5.15 Å². The van der Waals surface area contributed by atoms with Crippen molar-refractivity contribution in [1.82, 2.24) is 9.97 Å². The molecule has 2 aromatic rings. The fraction of sp³-hybridized carbons (Fsp3) is 0.231. The van der Waals surface area contributed by atoms with Crippen molar-refractivity contribution in [2.45, 2.75) is 0 Å². The first-order chi connectivity index (χ1) is 9.21. The Hall–Kier alpha value is -2.01. The van der Waals surface area contributed by atoms with E-state index in [1.165, 1.54) is 6.20 Å². The summed E-state index contributed by atoms with van der Waals surface area (Å²) in [7, 11) is 4.69. The molecule has 1 aromatic heterocycles. The number of benzene rings is 1. The molecule has 5 nitrogen and oxygen atoms in total. The van der Waals surface area contributed by atoms with E-state index < -0.39 is 0 Å². The molecule has 0 amide bonds. The summed E-state index contributed by atoms with van der Waals surface area (Å²) in [5.74, 6) is 1.73. The molecule has 0 aliphatic heterocycles. The predicted molar refractivity (Wildman–Crippen MR) is 72.1 cm³/mol. The van der Waals surface area contributed by atoms with Crippen LogP contribution in [0.1, 0.15) is 0 Å². The third-order valence-corrected chi connectivity index (χ3v) is 2.89. The third kappa shape index (κ3) is 2.56.